The second-order valence-corrected chi connectivity index (χ2v) is 6.96. The minimum atomic E-state index is -0.202. The fraction of sp³-hybridized carbons (Fsp3) is 0.611. The standard InChI is InChI=1S/C18H28FN3O2S.HI/c1-20-18(21-9-3-11-23-14-16-4-2-12-24-16)22-10-13-25-17-7-5-15(19)6-8-17;/h5-8,16H,2-4,9-14H2,1H3,(H2,20,21,22);1H. The fourth-order valence-electron chi connectivity index (χ4n) is 2.46. The molecule has 5 nitrogen and oxygen atoms in total. The Kier molecular flexibility index (Phi) is 13.1. The van der Waals surface area contributed by atoms with Crippen molar-refractivity contribution >= 4 is 41.7 Å². The van der Waals surface area contributed by atoms with Crippen molar-refractivity contribution in [2.75, 3.05) is 45.7 Å². The summed E-state index contributed by atoms with van der Waals surface area (Å²) in [4.78, 5) is 5.26. The number of nitrogens with one attached hydrogen (secondary N) is 2. The number of benzene rings is 1. The van der Waals surface area contributed by atoms with Gasteiger partial charge in [0.15, 0.2) is 5.96 Å². The maximum absolute atomic E-state index is 12.8. The van der Waals surface area contributed by atoms with Crippen LogP contribution in [0.4, 0.5) is 4.39 Å². The topological polar surface area (TPSA) is 54.9 Å². The quantitative estimate of drug-likeness (QED) is 0.171. The lowest BCUT2D eigenvalue weighted by Crippen LogP contribution is -2.39. The number of thioether (sulfide) groups is 1. The number of aliphatic imine (C=N–C) groups is 1. The zero-order valence-corrected chi connectivity index (χ0v) is 18.4. The van der Waals surface area contributed by atoms with Gasteiger partial charge in [0.1, 0.15) is 5.82 Å². The van der Waals surface area contributed by atoms with Crippen LogP contribution in [-0.2, 0) is 9.47 Å². The molecule has 1 atom stereocenters. The van der Waals surface area contributed by atoms with Gasteiger partial charge in [0.2, 0.25) is 0 Å². The molecule has 0 saturated carbocycles. The molecule has 0 amide bonds. The first-order valence-electron chi connectivity index (χ1n) is 8.80. The van der Waals surface area contributed by atoms with Gasteiger partial charge in [-0.05, 0) is 43.5 Å². The van der Waals surface area contributed by atoms with E-state index < -0.39 is 0 Å². The number of hydrogen-bond donors (Lipinski definition) is 2. The largest absolute Gasteiger partial charge is 0.379 e. The monoisotopic (exact) mass is 497 g/mol. The van der Waals surface area contributed by atoms with Crippen molar-refractivity contribution in [2.45, 2.75) is 30.3 Å². The van der Waals surface area contributed by atoms with E-state index in [4.69, 9.17) is 9.47 Å². The third-order valence-corrected chi connectivity index (χ3v) is 4.80. The van der Waals surface area contributed by atoms with Gasteiger partial charge in [0, 0.05) is 44.0 Å². The zero-order valence-electron chi connectivity index (χ0n) is 15.2. The van der Waals surface area contributed by atoms with Gasteiger partial charge in [-0.15, -0.1) is 35.7 Å². The molecule has 1 aliphatic rings. The summed E-state index contributed by atoms with van der Waals surface area (Å²) in [5.74, 6) is 1.47. The van der Waals surface area contributed by atoms with Gasteiger partial charge >= 0.3 is 0 Å². The van der Waals surface area contributed by atoms with Gasteiger partial charge in [0.25, 0.3) is 0 Å². The fourth-order valence-corrected chi connectivity index (χ4v) is 3.23. The Balaban J connectivity index is 0.00000338. The van der Waals surface area contributed by atoms with Crippen LogP contribution in [-0.4, -0.2) is 57.8 Å². The van der Waals surface area contributed by atoms with Crippen molar-refractivity contribution in [3.8, 4) is 0 Å². The van der Waals surface area contributed by atoms with E-state index in [1.165, 1.54) is 12.1 Å². The van der Waals surface area contributed by atoms with E-state index in [1.54, 1.807) is 30.9 Å². The summed E-state index contributed by atoms with van der Waals surface area (Å²) in [5, 5.41) is 6.54. The highest BCUT2D eigenvalue weighted by molar-refractivity contribution is 14.0. The van der Waals surface area contributed by atoms with E-state index in [-0.39, 0.29) is 29.8 Å². The second kappa shape index (κ2) is 14.5. The molecule has 1 aromatic rings. The third-order valence-electron chi connectivity index (χ3n) is 3.79. The van der Waals surface area contributed by atoms with Crippen molar-refractivity contribution in [1.82, 2.24) is 10.6 Å². The lowest BCUT2D eigenvalue weighted by atomic mass is 10.2. The molecule has 1 aromatic carbocycles. The molecule has 1 heterocycles. The normalized spacial score (nSPS) is 17.0. The van der Waals surface area contributed by atoms with Crippen LogP contribution in [0.1, 0.15) is 19.3 Å². The minimum absolute atomic E-state index is 0. The van der Waals surface area contributed by atoms with Crippen molar-refractivity contribution < 1.29 is 13.9 Å². The molecule has 0 radical (unpaired) electrons. The van der Waals surface area contributed by atoms with Gasteiger partial charge in [-0.2, -0.15) is 0 Å². The first kappa shape index (κ1) is 23.5. The SMILES string of the molecule is CN=C(NCCCOCC1CCCO1)NCCSc1ccc(F)cc1.I. The maximum Gasteiger partial charge on any atom is 0.191 e. The molecule has 2 rings (SSSR count). The maximum atomic E-state index is 12.8. The summed E-state index contributed by atoms with van der Waals surface area (Å²) in [6.07, 6.45) is 3.49. The molecular weight excluding hydrogens is 468 g/mol. The molecule has 1 fully saturated rings. The van der Waals surface area contributed by atoms with Gasteiger partial charge in [-0.1, -0.05) is 0 Å². The molecule has 1 aliphatic heterocycles. The van der Waals surface area contributed by atoms with Crippen LogP contribution in [0, 0.1) is 5.82 Å². The van der Waals surface area contributed by atoms with Crippen LogP contribution >= 0.6 is 35.7 Å². The first-order valence-corrected chi connectivity index (χ1v) is 9.78. The Morgan fingerprint density at radius 3 is 2.77 bits per heavy atom. The molecular formula is C18H29FIN3O2S. The van der Waals surface area contributed by atoms with E-state index >= 15 is 0 Å². The summed E-state index contributed by atoms with van der Waals surface area (Å²) in [7, 11) is 1.76. The van der Waals surface area contributed by atoms with E-state index in [0.717, 1.165) is 62.2 Å². The van der Waals surface area contributed by atoms with Crippen LogP contribution in [0.2, 0.25) is 0 Å². The summed E-state index contributed by atoms with van der Waals surface area (Å²) < 4.78 is 24.0. The molecule has 0 aromatic heterocycles. The number of halogens is 2. The minimum Gasteiger partial charge on any atom is -0.379 e. The molecule has 0 spiro atoms. The van der Waals surface area contributed by atoms with Crippen LogP contribution in [0.3, 0.4) is 0 Å². The first-order chi connectivity index (χ1) is 12.3. The van der Waals surface area contributed by atoms with Gasteiger partial charge < -0.3 is 20.1 Å². The molecule has 0 aliphatic carbocycles. The van der Waals surface area contributed by atoms with E-state index in [9.17, 15) is 4.39 Å². The van der Waals surface area contributed by atoms with Crippen LogP contribution < -0.4 is 10.6 Å². The highest BCUT2D eigenvalue weighted by atomic mass is 127. The zero-order chi connectivity index (χ0) is 17.7. The number of hydrogen-bond acceptors (Lipinski definition) is 4. The molecule has 1 unspecified atom stereocenters. The summed E-state index contributed by atoms with van der Waals surface area (Å²) in [6, 6.07) is 6.56. The number of guanidine groups is 1. The Morgan fingerprint density at radius 2 is 2.08 bits per heavy atom. The summed E-state index contributed by atoms with van der Waals surface area (Å²) in [6.45, 7) is 3.91. The average molecular weight is 497 g/mol. The van der Waals surface area contributed by atoms with E-state index in [1.807, 2.05) is 0 Å². The van der Waals surface area contributed by atoms with Crippen molar-refractivity contribution in [3.63, 3.8) is 0 Å². The van der Waals surface area contributed by atoms with Gasteiger partial charge in [-0.3, -0.25) is 4.99 Å². The van der Waals surface area contributed by atoms with Crippen LogP contribution in [0.15, 0.2) is 34.2 Å². The van der Waals surface area contributed by atoms with Crippen molar-refractivity contribution in [2.24, 2.45) is 4.99 Å². The predicted octanol–water partition coefficient (Wildman–Crippen LogP) is 3.29. The Bertz CT molecular complexity index is 514. The molecule has 26 heavy (non-hydrogen) atoms. The van der Waals surface area contributed by atoms with E-state index in [2.05, 4.69) is 15.6 Å². The predicted molar refractivity (Wildman–Crippen MR) is 116 cm³/mol. The van der Waals surface area contributed by atoms with Crippen LogP contribution in [0.25, 0.3) is 0 Å². The van der Waals surface area contributed by atoms with Crippen molar-refractivity contribution in [3.05, 3.63) is 30.1 Å². The Hall–Kier alpha value is -0.580. The molecule has 148 valence electrons. The molecule has 8 heteroatoms. The van der Waals surface area contributed by atoms with Crippen molar-refractivity contribution in [1.29, 1.82) is 0 Å². The average Bonchev–Trinajstić information content (AvgIpc) is 3.14. The molecule has 1 saturated heterocycles. The molecule has 0 bridgehead atoms. The van der Waals surface area contributed by atoms with Crippen LogP contribution in [0.5, 0.6) is 0 Å². The number of nitrogens with zero attached hydrogens (tertiary/aromatic N) is 1. The summed E-state index contributed by atoms with van der Waals surface area (Å²) in [5.41, 5.74) is 0. The smallest absolute Gasteiger partial charge is 0.191 e. The highest BCUT2D eigenvalue weighted by Gasteiger charge is 2.14. The Morgan fingerprint density at radius 1 is 1.31 bits per heavy atom. The van der Waals surface area contributed by atoms with E-state index in [0.29, 0.717) is 12.7 Å². The Labute approximate surface area is 176 Å². The highest BCUT2D eigenvalue weighted by Crippen LogP contribution is 2.17. The second-order valence-electron chi connectivity index (χ2n) is 5.79. The lowest BCUT2D eigenvalue weighted by molar-refractivity contribution is 0.0168. The lowest BCUT2D eigenvalue weighted by Gasteiger charge is -2.13. The summed E-state index contributed by atoms with van der Waals surface area (Å²) >= 11 is 1.68. The number of ether oxygens (including phenoxy) is 2. The van der Waals surface area contributed by atoms with Gasteiger partial charge in [-0.25, -0.2) is 4.39 Å². The number of rotatable bonds is 10. The molecule has 2 N–H and O–H groups in total. The van der Waals surface area contributed by atoms with Gasteiger partial charge in [0.05, 0.1) is 12.7 Å². The third kappa shape index (κ3) is 9.94.